The summed E-state index contributed by atoms with van der Waals surface area (Å²) in [6.45, 7) is 9.07. The molecule has 0 spiro atoms. The first-order chi connectivity index (χ1) is 8.05. The van der Waals surface area contributed by atoms with Crippen molar-refractivity contribution in [3.8, 4) is 5.75 Å². The summed E-state index contributed by atoms with van der Waals surface area (Å²) >= 11 is 0. The molecule has 2 nitrogen and oxygen atoms in total. The van der Waals surface area contributed by atoms with Gasteiger partial charge in [-0.25, -0.2) is 0 Å². The SMILES string of the molecule is C=CCN[C@H]1CCc2ccc(O)cc2C1(C)C. The second-order valence-electron chi connectivity index (χ2n) is 5.35. The molecule has 0 saturated heterocycles. The van der Waals surface area contributed by atoms with Gasteiger partial charge in [-0.15, -0.1) is 6.58 Å². The summed E-state index contributed by atoms with van der Waals surface area (Å²) in [5.41, 5.74) is 2.68. The summed E-state index contributed by atoms with van der Waals surface area (Å²) in [7, 11) is 0. The van der Waals surface area contributed by atoms with Gasteiger partial charge in [0.1, 0.15) is 5.75 Å². The molecule has 1 aliphatic carbocycles. The molecule has 0 heterocycles. The molecule has 0 aromatic heterocycles. The Morgan fingerprint density at radius 3 is 3.00 bits per heavy atom. The maximum Gasteiger partial charge on any atom is 0.115 e. The van der Waals surface area contributed by atoms with E-state index in [2.05, 4.69) is 31.8 Å². The first kappa shape index (κ1) is 12.2. The summed E-state index contributed by atoms with van der Waals surface area (Å²) in [5, 5.41) is 13.2. The minimum Gasteiger partial charge on any atom is -0.508 e. The lowest BCUT2D eigenvalue weighted by molar-refractivity contribution is 0.310. The molecule has 1 aromatic carbocycles. The minimum atomic E-state index is 0.0509. The summed E-state index contributed by atoms with van der Waals surface area (Å²) in [6.07, 6.45) is 4.11. The van der Waals surface area contributed by atoms with Gasteiger partial charge in [0.25, 0.3) is 0 Å². The predicted octanol–water partition coefficient (Wildman–Crippen LogP) is 2.76. The third-order valence-electron chi connectivity index (χ3n) is 3.87. The van der Waals surface area contributed by atoms with Gasteiger partial charge in [0, 0.05) is 18.0 Å². The quantitative estimate of drug-likeness (QED) is 0.784. The molecule has 0 aliphatic heterocycles. The van der Waals surface area contributed by atoms with E-state index in [9.17, 15) is 5.11 Å². The fraction of sp³-hybridized carbons (Fsp3) is 0.467. The molecule has 17 heavy (non-hydrogen) atoms. The lowest BCUT2D eigenvalue weighted by Crippen LogP contribution is -2.48. The molecule has 0 radical (unpaired) electrons. The van der Waals surface area contributed by atoms with E-state index < -0.39 is 0 Å². The lowest BCUT2D eigenvalue weighted by atomic mass is 9.69. The second kappa shape index (κ2) is 4.53. The van der Waals surface area contributed by atoms with E-state index in [0.29, 0.717) is 11.8 Å². The topological polar surface area (TPSA) is 32.3 Å². The molecule has 2 heteroatoms. The van der Waals surface area contributed by atoms with Crippen LogP contribution in [0.5, 0.6) is 5.75 Å². The van der Waals surface area contributed by atoms with Crippen LogP contribution < -0.4 is 5.32 Å². The molecule has 92 valence electrons. The van der Waals surface area contributed by atoms with Gasteiger partial charge in [-0.3, -0.25) is 0 Å². The number of aryl methyl sites for hydroxylation is 1. The number of aromatic hydroxyl groups is 1. The summed E-state index contributed by atoms with van der Waals surface area (Å²) < 4.78 is 0. The van der Waals surface area contributed by atoms with Crippen LogP contribution in [0.25, 0.3) is 0 Å². The molecular formula is C15H21NO. The number of benzene rings is 1. The number of nitrogens with one attached hydrogen (secondary N) is 1. The number of hydrogen-bond acceptors (Lipinski definition) is 2. The van der Waals surface area contributed by atoms with E-state index in [1.165, 1.54) is 11.1 Å². The smallest absolute Gasteiger partial charge is 0.115 e. The van der Waals surface area contributed by atoms with E-state index in [0.717, 1.165) is 19.4 Å². The van der Waals surface area contributed by atoms with Gasteiger partial charge in [-0.2, -0.15) is 0 Å². The van der Waals surface area contributed by atoms with Gasteiger partial charge in [-0.1, -0.05) is 26.0 Å². The minimum absolute atomic E-state index is 0.0509. The summed E-state index contributed by atoms with van der Waals surface area (Å²) in [4.78, 5) is 0. The molecule has 0 unspecified atom stereocenters. The third kappa shape index (κ3) is 2.22. The van der Waals surface area contributed by atoms with E-state index in [1.54, 1.807) is 6.07 Å². The third-order valence-corrected chi connectivity index (χ3v) is 3.87. The van der Waals surface area contributed by atoms with Crippen LogP contribution in [0.15, 0.2) is 30.9 Å². The highest BCUT2D eigenvalue weighted by molar-refractivity contribution is 5.42. The zero-order valence-electron chi connectivity index (χ0n) is 10.7. The predicted molar refractivity (Wildman–Crippen MR) is 71.4 cm³/mol. The van der Waals surface area contributed by atoms with Crippen molar-refractivity contribution < 1.29 is 5.11 Å². The fourth-order valence-corrected chi connectivity index (χ4v) is 2.81. The lowest BCUT2D eigenvalue weighted by Gasteiger charge is -2.41. The zero-order valence-corrected chi connectivity index (χ0v) is 10.7. The van der Waals surface area contributed by atoms with Crippen molar-refractivity contribution >= 4 is 0 Å². The maximum atomic E-state index is 9.65. The second-order valence-corrected chi connectivity index (χ2v) is 5.35. The highest BCUT2D eigenvalue weighted by Gasteiger charge is 2.36. The Hall–Kier alpha value is -1.28. The van der Waals surface area contributed by atoms with Gasteiger partial charge >= 0.3 is 0 Å². The van der Waals surface area contributed by atoms with Crippen LogP contribution in [-0.4, -0.2) is 17.7 Å². The van der Waals surface area contributed by atoms with Crippen molar-refractivity contribution in [3.05, 3.63) is 42.0 Å². The van der Waals surface area contributed by atoms with Gasteiger partial charge in [0.2, 0.25) is 0 Å². The van der Waals surface area contributed by atoms with Crippen molar-refractivity contribution in [1.29, 1.82) is 0 Å². The molecule has 0 saturated carbocycles. The Balaban J connectivity index is 2.33. The van der Waals surface area contributed by atoms with Gasteiger partial charge in [-0.05, 0) is 36.1 Å². The number of phenols is 1. The number of hydrogen-bond donors (Lipinski definition) is 2. The first-order valence-corrected chi connectivity index (χ1v) is 6.22. The van der Waals surface area contributed by atoms with Crippen LogP contribution in [0, 0.1) is 0 Å². The summed E-state index contributed by atoms with van der Waals surface area (Å²) in [6, 6.07) is 6.19. The van der Waals surface area contributed by atoms with Crippen molar-refractivity contribution in [2.45, 2.75) is 38.1 Å². The van der Waals surface area contributed by atoms with Crippen molar-refractivity contribution in [2.24, 2.45) is 0 Å². The van der Waals surface area contributed by atoms with Crippen LogP contribution in [0.3, 0.4) is 0 Å². The van der Waals surface area contributed by atoms with Crippen LogP contribution in [0.2, 0.25) is 0 Å². The van der Waals surface area contributed by atoms with E-state index in [1.807, 2.05) is 12.1 Å². The Morgan fingerprint density at radius 1 is 1.53 bits per heavy atom. The van der Waals surface area contributed by atoms with Crippen molar-refractivity contribution in [3.63, 3.8) is 0 Å². The fourth-order valence-electron chi connectivity index (χ4n) is 2.81. The molecule has 1 aromatic rings. The highest BCUT2D eigenvalue weighted by Crippen LogP contribution is 2.38. The number of rotatable bonds is 3. The van der Waals surface area contributed by atoms with Crippen molar-refractivity contribution in [1.82, 2.24) is 5.32 Å². The molecule has 1 atom stereocenters. The zero-order chi connectivity index (χ0) is 12.5. The maximum absolute atomic E-state index is 9.65. The Morgan fingerprint density at radius 2 is 2.29 bits per heavy atom. The Labute approximate surface area is 103 Å². The van der Waals surface area contributed by atoms with Crippen LogP contribution in [-0.2, 0) is 11.8 Å². The normalized spacial score (nSPS) is 21.9. The monoisotopic (exact) mass is 231 g/mol. The molecule has 2 N–H and O–H groups in total. The number of fused-ring (bicyclic) bond motifs is 1. The van der Waals surface area contributed by atoms with Crippen molar-refractivity contribution in [2.75, 3.05) is 6.54 Å². The molecule has 0 bridgehead atoms. The Kier molecular flexibility index (Phi) is 3.25. The molecular weight excluding hydrogens is 210 g/mol. The average molecular weight is 231 g/mol. The summed E-state index contributed by atoms with van der Waals surface area (Å²) in [5.74, 6) is 0.362. The molecule has 2 rings (SSSR count). The van der Waals surface area contributed by atoms with Crippen LogP contribution in [0.1, 0.15) is 31.4 Å². The average Bonchev–Trinajstić information content (AvgIpc) is 2.29. The molecule has 0 fully saturated rings. The first-order valence-electron chi connectivity index (χ1n) is 6.22. The largest absolute Gasteiger partial charge is 0.508 e. The molecule has 0 amide bonds. The van der Waals surface area contributed by atoms with Gasteiger partial charge in [0.05, 0.1) is 0 Å². The van der Waals surface area contributed by atoms with Gasteiger partial charge < -0.3 is 10.4 Å². The van der Waals surface area contributed by atoms with Crippen LogP contribution in [0.4, 0.5) is 0 Å². The van der Waals surface area contributed by atoms with E-state index in [-0.39, 0.29) is 5.41 Å². The number of phenolic OH excluding ortho intramolecular Hbond substituents is 1. The van der Waals surface area contributed by atoms with Crippen LogP contribution >= 0.6 is 0 Å². The highest BCUT2D eigenvalue weighted by atomic mass is 16.3. The molecule has 1 aliphatic rings. The standard InChI is InChI=1S/C15H21NO/c1-4-9-16-14-8-6-11-5-7-12(17)10-13(11)15(14,2)3/h4-5,7,10,14,16-17H,1,6,8-9H2,2-3H3/t14-/m0/s1. The Bertz CT molecular complexity index is 423. The van der Waals surface area contributed by atoms with E-state index in [4.69, 9.17) is 0 Å². The van der Waals surface area contributed by atoms with Gasteiger partial charge in [0.15, 0.2) is 0 Å². The van der Waals surface area contributed by atoms with E-state index >= 15 is 0 Å².